The van der Waals surface area contributed by atoms with Gasteiger partial charge in [0.1, 0.15) is 11.5 Å². The molecule has 1 aromatic carbocycles. The van der Waals surface area contributed by atoms with E-state index in [2.05, 4.69) is 10.3 Å². The minimum Gasteiger partial charge on any atom is -0.334 e. The fourth-order valence-electron chi connectivity index (χ4n) is 3.63. The van der Waals surface area contributed by atoms with Crippen molar-refractivity contribution >= 4 is 17.5 Å². The van der Waals surface area contributed by atoms with Crippen LogP contribution in [-0.4, -0.2) is 58.8 Å². The number of carbonyl (C=O) groups is 1. The molecule has 29 heavy (non-hydrogen) atoms. The van der Waals surface area contributed by atoms with Crippen molar-refractivity contribution in [2.24, 2.45) is 4.99 Å². The third-order valence-electron chi connectivity index (χ3n) is 5.03. The Morgan fingerprint density at radius 1 is 1.28 bits per heavy atom. The average Bonchev–Trinajstić information content (AvgIpc) is 3.15. The highest BCUT2D eigenvalue weighted by Gasteiger charge is 2.50. The van der Waals surface area contributed by atoms with Gasteiger partial charge in [0.25, 0.3) is 5.70 Å². The van der Waals surface area contributed by atoms with E-state index in [-0.39, 0.29) is 23.3 Å². The number of aliphatic imine (C=N–C) groups is 1. The molecule has 4 rings (SSSR count). The highest BCUT2D eigenvalue weighted by Crippen LogP contribution is 2.34. The second-order valence-corrected chi connectivity index (χ2v) is 7.23. The third kappa shape index (κ3) is 3.74. The van der Waals surface area contributed by atoms with Crippen molar-refractivity contribution in [2.45, 2.75) is 25.6 Å². The number of allylic oxidation sites excluding steroid dienone is 1. The number of nitrogens with zero attached hydrogens (tertiary/aromatic N) is 3. The molecule has 1 saturated heterocycles. The van der Waals surface area contributed by atoms with Gasteiger partial charge in [0.2, 0.25) is 0 Å². The summed E-state index contributed by atoms with van der Waals surface area (Å²) in [5.41, 5.74) is -0.369. The zero-order valence-electron chi connectivity index (χ0n) is 15.6. The molecule has 152 valence electrons. The Kier molecular flexibility index (Phi) is 4.85. The Hall–Kier alpha value is -2.81. The molecule has 0 saturated carbocycles. The lowest BCUT2D eigenvalue weighted by molar-refractivity contribution is -0.317. The molecule has 1 fully saturated rings. The van der Waals surface area contributed by atoms with Crippen molar-refractivity contribution in [1.29, 1.82) is 0 Å². The Balaban J connectivity index is 1.73. The van der Waals surface area contributed by atoms with E-state index >= 15 is 0 Å². The van der Waals surface area contributed by atoms with Crippen LogP contribution in [0.3, 0.4) is 0 Å². The predicted octanol–water partition coefficient (Wildman–Crippen LogP) is 2.59. The third-order valence-corrected chi connectivity index (χ3v) is 5.03. The van der Waals surface area contributed by atoms with Gasteiger partial charge in [0.05, 0.1) is 0 Å². The van der Waals surface area contributed by atoms with Crippen LogP contribution in [0.5, 0.6) is 0 Å². The number of rotatable bonds is 2. The van der Waals surface area contributed by atoms with Gasteiger partial charge in [-0.15, -0.1) is 0 Å². The quantitative estimate of drug-likeness (QED) is 0.605. The van der Waals surface area contributed by atoms with Crippen LogP contribution in [0.2, 0.25) is 0 Å². The van der Waals surface area contributed by atoms with E-state index in [9.17, 15) is 22.4 Å². The standard InChI is InChI=1S/C20H19F4N4O/c1-12-10-27(8-2-7-25-12)19(29)16-11-28-17(13-3-5-14(21)6-4-13)9-15(18(28)26-16)20(22,23)24/h3-6,9,11-12,25H,2,7-8,10H2,1H3/q+1. The molecule has 1 amide bonds. The molecule has 9 heteroatoms. The fraction of sp³-hybridized carbons (Fsp3) is 0.350. The van der Waals surface area contributed by atoms with E-state index in [1.807, 2.05) is 6.92 Å². The summed E-state index contributed by atoms with van der Waals surface area (Å²) in [5.74, 6) is -1.22. The monoisotopic (exact) mass is 407 g/mol. The van der Waals surface area contributed by atoms with Gasteiger partial charge in [-0.1, -0.05) is 0 Å². The number of alkyl halides is 3. The molecule has 0 bridgehead atoms. The lowest BCUT2D eigenvalue weighted by Gasteiger charge is -2.20. The minimum atomic E-state index is -4.63. The topological polar surface area (TPSA) is 47.7 Å². The molecule has 1 unspecified atom stereocenters. The first-order valence-electron chi connectivity index (χ1n) is 9.28. The van der Waals surface area contributed by atoms with E-state index in [0.29, 0.717) is 18.7 Å². The van der Waals surface area contributed by atoms with Gasteiger partial charge in [0, 0.05) is 30.8 Å². The zero-order valence-corrected chi connectivity index (χ0v) is 15.6. The van der Waals surface area contributed by atoms with Crippen LogP contribution in [-0.2, 0) is 4.79 Å². The Labute approximate surface area is 164 Å². The summed E-state index contributed by atoms with van der Waals surface area (Å²) in [5, 5.41) is 3.27. The summed E-state index contributed by atoms with van der Waals surface area (Å²) in [7, 11) is 0. The summed E-state index contributed by atoms with van der Waals surface area (Å²) >= 11 is 0. The Morgan fingerprint density at radius 2 is 2.00 bits per heavy atom. The highest BCUT2D eigenvalue weighted by molar-refractivity contribution is 6.19. The van der Waals surface area contributed by atoms with Crippen molar-refractivity contribution in [3.63, 3.8) is 0 Å². The average molecular weight is 407 g/mol. The number of hydrogen-bond donors (Lipinski definition) is 1. The molecule has 5 nitrogen and oxygen atoms in total. The smallest absolute Gasteiger partial charge is 0.334 e. The van der Waals surface area contributed by atoms with Gasteiger partial charge < -0.3 is 10.2 Å². The normalized spacial score (nSPS) is 22.2. The number of carbonyl (C=O) groups excluding carboxylic acids is 1. The molecule has 1 atom stereocenters. The van der Waals surface area contributed by atoms with E-state index in [4.69, 9.17) is 0 Å². The van der Waals surface area contributed by atoms with Crippen molar-refractivity contribution in [2.75, 3.05) is 19.6 Å². The Morgan fingerprint density at radius 3 is 2.69 bits per heavy atom. The van der Waals surface area contributed by atoms with Gasteiger partial charge >= 0.3 is 17.9 Å². The first-order chi connectivity index (χ1) is 13.7. The van der Waals surface area contributed by atoms with Gasteiger partial charge in [-0.05, 0) is 49.1 Å². The van der Waals surface area contributed by atoms with Crippen molar-refractivity contribution in [3.05, 3.63) is 59.2 Å². The number of hydrogen-bond acceptors (Lipinski definition) is 3. The lowest BCUT2D eigenvalue weighted by atomic mass is 10.1. The van der Waals surface area contributed by atoms with Crippen LogP contribution in [0.4, 0.5) is 17.6 Å². The van der Waals surface area contributed by atoms with Crippen LogP contribution in [0.1, 0.15) is 18.9 Å². The Bertz CT molecular complexity index is 973. The maximum absolute atomic E-state index is 13.6. The molecule has 0 spiro atoms. The van der Waals surface area contributed by atoms with Crippen LogP contribution in [0, 0.1) is 5.82 Å². The molecule has 1 N–H and O–H groups in total. The van der Waals surface area contributed by atoms with Gasteiger partial charge in [-0.2, -0.15) is 17.7 Å². The first-order valence-corrected chi connectivity index (χ1v) is 9.28. The van der Waals surface area contributed by atoms with E-state index in [1.54, 1.807) is 4.90 Å². The summed E-state index contributed by atoms with van der Waals surface area (Å²) in [6.07, 6.45) is -1.58. The maximum atomic E-state index is 13.6. The SMILES string of the molecule is CC1CN(C(=O)C2=C[N+]3=C(c4ccc(F)cc4)C=C(C(F)(F)F)C3=N2)CCCN1. The summed E-state index contributed by atoms with van der Waals surface area (Å²) in [6.45, 7) is 3.68. The number of benzene rings is 1. The molecule has 1 aromatic rings. The van der Waals surface area contributed by atoms with Crippen LogP contribution < -0.4 is 5.32 Å². The fourth-order valence-corrected chi connectivity index (χ4v) is 3.63. The van der Waals surface area contributed by atoms with E-state index in [0.717, 1.165) is 19.0 Å². The van der Waals surface area contributed by atoms with Crippen LogP contribution in [0.15, 0.2) is 52.8 Å². The van der Waals surface area contributed by atoms with Crippen LogP contribution in [0.25, 0.3) is 0 Å². The molecule has 3 aliphatic rings. The minimum absolute atomic E-state index is 0.0384. The number of nitrogens with one attached hydrogen (secondary N) is 1. The largest absolute Gasteiger partial charge is 0.424 e. The van der Waals surface area contributed by atoms with Crippen molar-refractivity contribution < 1.29 is 26.9 Å². The second-order valence-electron chi connectivity index (χ2n) is 7.23. The predicted molar refractivity (Wildman–Crippen MR) is 99.1 cm³/mol. The number of amides is 1. The van der Waals surface area contributed by atoms with Gasteiger partial charge in [-0.25, -0.2) is 4.39 Å². The summed E-state index contributed by atoms with van der Waals surface area (Å²) in [4.78, 5) is 18.5. The number of halogens is 4. The van der Waals surface area contributed by atoms with Crippen LogP contribution >= 0.6 is 0 Å². The second kappa shape index (κ2) is 7.22. The van der Waals surface area contributed by atoms with Gasteiger partial charge in [0.15, 0.2) is 11.8 Å². The molecule has 3 heterocycles. The molecule has 0 aromatic heterocycles. The molecule has 3 aliphatic heterocycles. The number of amidine groups is 1. The molecule has 0 aliphatic carbocycles. The lowest BCUT2D eigenvalue weighted by Crippen LogP contribution is -2.39. The molecular formula is C20H19F4N4O+. The maximum Gasteiger partial charge on any atom is 0.424 e. The highest BCUT2D eigenvalue weighted by atomic mass is 19.4. The molecule has 0 radical (unpaired) electrons. The zero-order chi connectivity index (χ0) is 20.8. The van der Waals surface area contributed by atoms with Crippen molar-refractivity contribution in [1.82, 2.24) is 10.2 Å². The number of fused-ring (bicyclic) bond motifs is 1. The summed E-state index contributed by atoms with van der Waals surface area (Å²) in [6, 6.07) is 5.23. The molecular weight excluding hydrogens is 388 g/mol. The first kappa shape index (κ1) is 19.5. The van der Waals surface area contributed by atoms with E-state index < -0.39 is 23.5 Å². The van der Waals surface area contributed by atoms with Crippen molar-refractivity contribution in [3.8, 4) is 0 Å². The summed E-state index contributed by atoms with van der Waals surface area (Å²) < 4.78 is 55.2. The van der Waals surface area contributed by atoms with E-state index in [1.165, 1.54) is 35.0 Å². The van der Waals surface area contributed by atoms with Gasteiger partial charge in [-0.3, -0.25) is 4.79 Å².